The summed E-state index contributed by atoms with van der Waals surface area (Å²) >= 11 is 0. The van der Waals surface area contributed by atoms with Gasteiger partial charge in [0.25, 0.3) is 0 Å². The van der Waals surface area contributed by atoms with Crippen LogP contribution in [-0.2, 0) is 20.9 Å². The van der Waals surface area contributed by atoms with E-state index in [9.17, 15) is 22.8 Å². The third kappa shape index (κ3) is 4.45. The number of hydrogen-bond acceptors (Lipinski definition) is 3. The molecule has 1 aromatic carbocycles. The molecule has 0 aliphatic heterocycles. The maximum atomic E-state index is 12.7. The fourth-order valence-electron chi connectivity index (χ4n) is 1.40. The van der Waals surface area contributed by atoms with Crippen molar-refractivity contribution in [1.29, 1.82) is 0 Å². The highest BCUT2D eigenvalue weighted by Crippen LogP contribution is 2.30. The molecule has 0 spiro atoms. The van der Waals surface area contributed by atoms with Crippen LogP contribution in [0.2, 0.25) is 0 Å². The first-order valence-electron chi connectivity index (χ1n) is 5.89. The number of halogens is 3. The molecule has 21 heavy (non-hydrogen) atoms. The van der Waals surface area contributed by atoms with Crippen molar-refractivity contribution in [3.8, 4) is 0 Å². The van der Waals surface area contributed by atoms with Gasteiger partial charge in [-0.1, -0.05) is 30.3 Å². The number of rotatable bonds is 6. The summed E-state index contributed by atoms with van der Waals surface area (Å²) in [7, 11) is 0. The summed E-state index contributed by atoms with van der Waals surface area (Å²) < 4.78 is 42.9. The van der Waals surface area contributed by atoms with Crippen molar-refractivity contribution < 1.29 is 32.6 Å². The van der Waals surface area contributed by atoms with Gasteiger partial charge in [0.1, 0.15) is 6.61 Å². The zero-order valence-electron chi connectivity index (χ0n) is 11.1. The van der Waals surface area contributed by atoms with Gasteiger partial charge in [-0.25, -0.2) is 4.79 Å². The maximum absolute atomic E-state index is 12.7. The van der Waals surface area contributed by atoms with E-state index in [0.29, 0.717) is 6.92 Å². The standard InChI is InChI=1S/C13H14F3NO4/c1-12(11(19)20,13(14,15)16)17-10(18)8-21-7-9-5-3-2-4-6-9/h2-6H,7-8H2,1H3,(H,17,18)(H,19,20). The summed E-state index contributed by atoms with van der Waals surface area (Å²) in [5.74, 6) is -3.35. The molecule has 0 saturated heterocycles. The molecule has 1 rings (SSSR count). The molecule has 0 aromatic heterocycles. The second-order valence-electron chi connectivity index (χ2n) is 4.45. The third-order valence-electron chi connectivity index (χ3n) is 2.73. The first-order valence-corrected chi connectivity index (χ1v) is 5.89. The van der Waals surface area contributed by atoms with E-state index in [1.807, 2.05) is 0 Å². The SMILES string of the molecule is CC(NC(=O)COCc1ccccc1)(C(=O)O)C(F)(F)F. The predicted octanol–water partition coefficient (Wildman–Crippen LogP) is 1.72. The number of carboxylic acids is 1. The molecule has 0 bridgehead atoms. The number of aliphatic carboxylic acids is 1. The number of carboxylic acid groups (broad SMARTS) is 1. The summed E-state index contributed by atoms with van der Waals surface area (Å²) in [5, 5.41) is 10.1. The van der Waals surface area contributed by atoms with Crippen LogP contribution in [0.4, 0.5) is 13.2 Å². The Morgan fingerprint density at radius 1 is 1.24 bits per heavy atom. The van der Waals surface area contributed by atoms with Gasteiger partial charge in [0.2, 0.25) is 11.4 Å². The van der Waals surface area contributed by atoms with Crippen molar-refractivity contribution in [3.05, 3.63) is 35.9 Å². The minimum Gasteiger partial charge on any atom is -0.479 e. The van der Waals surface area contributed by atoms with Crippen LogP contribution in [0.1, 0.15) is 12.5 Å². The zero-order chi connectivity index (χ0) is 16.1. The smallest absolute Gasteiger partial charge is 0.422 e. The number of alkyl halides is 3. The molecule has 0 saturated carbocycles. The molecule has 1 aromatic rings. The Kier molecular flexibility index (Phi) is 5.31. The van der Waals surface area contributed by atoms with Gasteiger partial charge in [0.05, 0.1) is 6.61 Å². The number of carbonyl (C=O) groups excluding carboxylic acids is 1. The Hall–Kier alpha value is -2.09. The summed E-state index contributed by atoms with van der Waals surface area (Å²) in [6, 6.07) is 8.69. The average molecular weight is 305 g/mol. The van der Waals surface area contributed by atoms with Crippen molar-refractivity contribution in [2.75, 3.05) is 6.61 Å². The van der Waals surface area contributed by atoms with Crippen molar-refractivity contribution in [1.82, 2.24) is 5.32 Å². The highest BCUT2D eigenvalue weighted by atomic mass is 19.4. The highest BCUT2D eigenvalue weighted by molar-refractivity contribution is 5.88. The first kappa shape index (κ1) is 17.0. The van der Waals surface area contributed by atoms with Gasteiger partial charge in [-0.2, -0.15) is 13.2 Å². The van der Waals surface area contributed by atoms with Crippen LogP contribution in [0, 0.1) is 0 Å². The Morgan fingerprint density at radius 2 is 1.81 bits per heavy atom. The van der Waals surface area contributed by atoms with E-state index in [-0.39, 0.29) is 6.61 Å². The lowest BCUT2D eigenvalue weighted by Crippen LogP contribution is -2.62. The normalized spacial score (nSPS) is 14.3. The van der Waals surface area contributed by atoms with Gasteiger partial charge < -0.3 is 15.2 Å². The van der Waals surface area contributed by atoms with Gasteiger partial charge in [0, 0.05) is 0 Å². The predicted molar refractivity (Wildman–Crippen MR) is 66.3 cm³/mol. The lowest BCUT2D eigenvalue weighted by Gasteiger charge is -2.28. The molecule has 0 radical (unpaired) electrons. The fraction of sp³-hybridized carbons (Fsp3) is 0.385. The van der Waals surface area contributed by atoms with Crippen LogP contribution in [0.5, 0.6) is 0 Å². The molecule has 8 heteroatoms. The highest BCUT2D eigenvalue weighted by Gasteiger charge is 2.58. The molecular weight excluding hydrogens is 291 g/mol. The van der Waals surface area contributed by atoms with Gasteiger partial charge in [-0.15, -0.1) is 0 Å². The molecule has 1 amide bonds. The molecule has 0 heterocycles. The zero-order valence-corrected chi connectivity index (χ0v) is 11.1. The van der Waals surface area contributed by atoms with E-state index in [0.717, 1.165) is 5.56 Å². The minimum absolute atomic E-state index is 0.0318. The van der Waals surface area contributed by atoms with Crippen LogP contribution >= 0.6 is 0 Å². The van der Waals surface area contributed by atoms with Crippen molar-refractivity contribution >= 4 is 11.9 Å². The van der Waals surface area contributed by atoms with Crippen molar-refractivity contribution in [3.63, 3.8) is 0 Å². The van der Waals surface area contributed by atoms with E-state index < -0.39 is 30.2 Å². The Morgan fingerprint density at radius 3 is 2.29 bits per heavy atom. The number of carbonyl (C=O) groups is 2. The van der Waals surface area contributed by atoms with E-state index in [4.69, 9.17) is 9.84 Å². The monoisotopic (exact) mass is 305 g/mol. The second-order valence-corrected chi connectivity index (χ2v) is 4.45. The maximum Gasteiger partial charge on any atom is 0.422 e. The molecule has 0 aliphatic carbocycles. The van der Waals surface area contributed by atoms with Crippen LogP contribution in [-0.4, -0.2) is 35.3 Å². The van der Waals surface area contributed by atoms with Crippen LogP contribution in [0.3, 0.4) is 0 Å². The number of ether oxygens (including phenoxy) is 1. The average Bonchev–Trinajstić information content (AvgIpc) is 2.38. The van der Waals surface area contributed by atoms with Gasteiger partial charge in [0.15, 0.2) is 0 Å². The fourth-order valence-corrected chi connectivity index (χ4v) is 1.40. The third-order valence-corrected chi connectivity index (χ3v) is 2.73. The summed E-state index contributed by atoms with van der Waals surface area (Å²) in [4.78, 5) is 22.1. The summed E-state index contributed by atoms with van der Waals surface area (Å²) in [5.41, 5.74) is -2.61. The lowest BCUT2D eigenvalue weighted by atomic mass is 10.0. The minimum atomic E-state index is -5.12. The molecule has 2 N–H and O–H groups in total. The molecule has 0 fully saturated rings. The topological polar surface area (TPSA) is 75.6 Å². The largest absolute Gasteiger partial charge is 0.479 e. The van der Waals surface area contributed by atoms with Crippen molar-refractivity contribution in [2.45, 2.75) is 25.2 Å². The lowest BCUT2D eigenvalue weighted by molar-refractivity contribution is -0.207. The van der Waals surface area contributed by atoms with Gasteiger partial charge in [-0.05, 0) is 12.5 Å². The van der Waals surface area contributed by atoms with Gasteiger partial charge >= 0.3 is 12.1 Å². The number of amides is 1. The molecule has 1 unspecified atom stereocenters. The van der Waals surface area contributed by atoms with Crippen LogP contribution in [0.15, 0.2) is 30.3 Å². The van der Waals surface area contributed by atoms with E-state index >= 15 is 0 Å². The summed E-state index contributed by atoms with van der Waals surface area (Å²) in [6.45, 7) is -0.262. The number of benzene rings is 1. The molecular formula is C13H14F3NO4. The Bertz CT molecular complexity index is 504. The number of hydrogen-bond donors (Lipinski definition) is 2. The molecule has 5 nitrogen and oxygen atoms in total. The Labute approximate surface area is 118 Å². The second kappa shape index (κ2) is 6.57. The van der Waals surface area contributed by atoms with Crippen LogP contribution in [0.25, 0.3) is 0 Å². The first-order chi connectivity index (χ1) is 9.67. The van der Waals surface area contributed by atoms with E-state index in [1.165, 1.54) is 5.32 Å². The molecule has 116 valence electrons. The van der Waals surface area contributed by atoms with E-state index in [1.54, 1.807) is 30.3 Å². The quantitative estimate of drug-likeness (QED) is 0.839. The Balaban J connectivity index is 2.54. The van der Waals surface area contributed by atoms with Crippen LogP contribution < -0.4 is 5.32 Å². The van der Waals surface area contributed by atoms with Crippen molar-refractivity contribution in [2.24, 2.45) is 0 Å². The number of nitrogens with one attached hydrogen (secondary N) is 1. The van der Waals surface area contributed by atoms with E-state index in [2.05, 4.69) is 0 Å². The van der Waals surface area contributed by atoms with Gasteiger partial charge in [-0.3, -0.25) is 4.79 Å². The summed E-state index contributed by atoms with van der Waals surface area (Å²) in [6.07, 6.45) is -5.12. The molecule has 1 atom stereocenters. The molecule has 0 aliphatic rings.